The van der Waals surface area contributed by atoms with Crippen LogP contribution in [0, 0.1) is 5.82 Å². The second-order valence-corrected chi connectivity index (χ2v) is 5.46. The number of carbonyl (C=O) groups is 3. The van der Waals surface area contributed by atoms with Gasteiger partial charge in [-0.15, -0.1) is 0 Å². The smallest absolute Gasteiger partial charge is 0.329 e. The zero-order valence-electron chi connectivity index (χ0n) is 11.8. The quantitative estimate of drug-likeness (QED) is 0.798. The summed E-state index contributed by atoms with van der Waals surface area (Å²) in [6.07, 6.45) is 0.400. The van der Waals surface area contributed by atoms with Crippen LogP contribution < -0.4 is 0 Å². The predicted octanol–water partition coefficient (Wildman–Crippen LogP) is 2.22. The summed E-state index contributed by atoms with van der Waals surface area (Å²) in [5.74, 6) is -3.18. The molecule has 1 heterocycles. The van der Waals surface area contributed by atoms with Crippen molar-refractivity contribution in [3.8, 4) is 0 Å². The van der Waals surface area contributed by atoms with Gasteiger partial charge in [-0.3, -0.25) is 9.59 Å². The Labute approximate surface area is 130 Å². The summed E-state index contributed by atoms with van der Waals surface area (Å²) in [6, 6.07) is 10.4. The van der Waals surface area contributed by atoms with Crippen molar-refractivity contribution in [2.45, 2.75) is 12.3 Å². The van der Waals surface area contributed by atoms with E-state index in [0.717, 1.165) is 5.56 Å². The van der Waals surface area contributed by atoms with Crippen LogP contribution in [0.2, 0.25) is 0 Å². The van der Waals surface area contributed by atoms with E-state index in [-0.39, 0.29) is 11.1 Å². The lowest BCUT2D eigenvalue weighted by Crippen LogP contribution is -2.37. The third kappa shape index (κ3) is 1.95. The SMILES string of the molecule is O=C(ON1C(=O)c2ccccc2C1=O)C1Cc2ccc(F)cc21. The average molecular weight is 311 g/mol. The molecule has 0 fully saturated rings. The summed E-state index contributed by atoms with van der Waals surface area (Å²) >= 11 is 0. The second kappa shape index (κ2) is 4.74. The fraction of sp³-hybridized carbons (Fsp3) is 0.118. The minimum Gasteiger partial charge on any atom is -0.329 e. The summed E-state index contributed by atoms with van der Waals surface area (Å²) in [6.45, 7) is 0. The van der Waals surface area contributed by atoms with Gasteiger partial charge in [0.15, 0.2) is 0 Å². The summed E-state index contributed by atoms with van der Waals surface area (Å²) in [4.78, 5) is 41.5. The number of imide groups is 1. The number of hydrogen-bond donors (Lipinski definition) is 0. The third-order valence-corrected chi connectivity index (χ3v) is 4.13. The van der Waals surface area contributed by atoms with Crippen molar-refractivity contribution in [1.29, 1.82) is 0 Å². The monoisotopic (exact) mass is 311 g/mol. The van der Waals surface area contributed by atoms with Gasteiger partial charge >= 0.3 is 5.97 Å². The molecule has 0 radical (unpaired) electrons. The lowest BCUT2D eigenvalue weighted by Gasteiger charge is -2.28. The fourth-order valence-electron chi connectivity index (χ4n) is 2.89. The highest BCUT2D eigenvalue weighted by molar-refractivity contribution is 6.20. The maximum Gasteiger partial charge on any atom is 0.340 e. The molecule has 5 nitrogen and oxygen atoms in total. The summed E-state index contributed by atoms with van der Waals surface area (Å²) in [5.41, 5.74) is 1.79. The highest BCUT2D eigenvalue weighted by atomic mass is 19.1. The van der Waals surface area contributed by atoms with Gasteiger partial charge in [0.25, 0.3) is 11.8 Å². The molecule has 2 aliphatic rings. The first-order valence-electron chi connectivity index (χ1n) is 7.04. The Hall–Kier alpha value is -3.02. The van der Waals surface area contributed by atoms with Crippen LogP contribution in [0.3, 0.4) is 0 Å². The minimum atomic E-state index is -0.738. The number of hydroxylamine groups is 2. The normalized spacial score (nSPS) is 18.3. The molecular weight excluding hydrogens is 301 g/mol. The zero-order chi connectivity index (χ0) is 16.1. The summed E-state index contributed by atoms with van der Waals surface area (Å²) in [5, 5.41) is 0.476. The molecule has 2 aromatic rings. The second-order valence-electron chi connectivity index (χ2n) is 5.46. The molecule has 0 spiro atoms. The van der Waals surface area contributed by atoms with E-state index in [9.17, 15) is 18.8 Å². The lowest BCUT2D eigenvalue weighted by atomic mass is 9.77. The largest absolute Gasteiger partial charge is 0.340 e. The number of rotatable bonds is 2. The van der Waals surface area contributed by atoms with Gasteiger partial charge in [-0.25, -0.2) is 9.18 Å². The molecule has 2 aromatic carbocycles. The van der Waals surface area contributed by atoms with E-state index in [1.54, 1.807) is 18.2 Å². The number of amides is 2. The number of benzene rings is 2. The Morgan fingerprint density at radius 3 is 2.39 bits per heavy atom. The molecule has 0 saturated heterocycles. The van der Waals surface area contributed by atoms with E-state index in [0.29, 0.717) is 17.0 Å². The van der Waals surface area contributed by atoms with E-state index in [1.807, 2.05) is 0 Å². The van der Waals surface area contributed by atoms with Crippen LogP contribution in [0.1, 0.15) is 37.8 Å². The number of fused-ring (bicyclic) bond motifs is 2. The Balaban J connectivity index is 1.55. The van der Waals surface area contributed by atoms with E-state index < -0.39 is 29.5 Å². The van der Waals surface area contributed by atoms with Gasteiger partial charge in [-0.05, 0) is 41.8 Å². The molecule has 0 N–H and O–H groups in total. The van der Waals surface area contributed by atoms with Gasteiger partial charge in [0, 0.05) is 0 Å². The van der Waals surface area contributed by atoms with Crippen LogP contribution in [-0.4, -0.2) is 22.8 Å². The molecule has 114 valence electrons. The number of hydrogen-bond acceptors (Lipinski definition) is 4. The maximum atomic E-state index is 13.3. The summed E-state index contributed by atoms with van der Waals surface area (Å²) < 4.78 is 13.3. The van der Waals surface area contributed by atoms with Crippen LogP contribution in [0.5, 0.6) is 0 Å². The Morgan fingerprint density at radius 2 is 1.74 bits per heavy atom. The first-order valence-corrected chi connectivity index (χ1v) is 7.04. The van der Waals surface area contributed by atoms with Gasteiger partial charge < -0.3 is 4.84 Å². The zero-order valence-corrected chi connectivity index (χ0v) is 11.8. The van der Waals surface area contributed by atoms with Crippen LogP contribution >= 0.6 is 0 Å². The third-order valence-electron chi connectivity index (χ3n) is 4.13. The lowest BCUT2D eigenvalue weighted by molar-refractivity contribution is -0.171. The van der Waals surface area contributed by atoms with Crippen LogP contribution in [-0.2, 0) is 16.1 Å². The van der Waals surface area contributed by atoms with Gasteiger partial charge in [0.05, 0.1) is 17.0 Å². The molecule has 2 amide bonds. The molecule has 0 aromatic heterocycles. The fourth-order valence-corrected chi connectivity index (χ4v) is 2.89. The molecule has 4 rings (SSSR count). The Kier molecular flexibility index (Phi) is 2.81. The van der Waals surface area contributed by atoms with Crippen molar-refractivity contribution in [3.63, 3.8) is 0 Å². The standard InChI is InChI=1S/C17H10FNO4/c18-10-6-5-9-7-14(13(9)8-10)17(22)23-19-15(20)11-3-1-2-4-12(11)16(19)21/h1-6,8,14H,7H2. The Bertz CT molecular complexity index is 842. The van der Waals surface area contributed by atoms with Gasteiger partial charge in [-0.1, -0.05) is 23.3 Å². The predicted molar refractivity (Wildman–Crippen MR) is 75.9 cm³/mol. The summed E-state index contributed by atoms with van der Waals surface area (Å²) in [7, 11) is 0. The van der Waals surface area contributed by atoms with Gasteiger partial charge in [0.2, 0.25) is 0 Å². The average Bonchev–Trinajstić information content (AvgIpc) is 2.76. The van der Waals surface area contributed by atoms with E-state index in [4.69, 9.17) is 4.84 Å². The van der Waals surface area contributed by atoms with E-state index in [1.165, 1.54) is 24.3 Å². The highest BCUT2D eigenvalue weighted by Gasteiger charge is 2.42. The molecule has 0 saturated carbocycles. The molecule has 0 bridgehead atoms. The number of halogens is 1. The molecule has 1 atom stereocenters. The molecule has 1 aliphatic carbocycles. The van der Waals surface area contributed by atoms with Crippen molar-refractivity contribution >= 4 is 17.8 Å². The number of nitrogens with zero attached hydrogens (tertiary/aromatic N) is 1. The topological polar surface area (TPSA) is 63.7 Å². The van der Waals surface area contributed by atoms with Crippen LogP contribution in [0.4, 0.5) is 4.39 Å². The van der Waals surface area contributed by atoms with Crippen molar-refractivity contribution < 1.29 is 23.6 Å². The van der Waals surface area contributed by atoms with Crippen LogP contribution in [0.25, 0.3) is 0 Å². The molecule has 6 heteroatoms. The minimum absolute atomic E-state index is 0.199. The molecule has 1 aliphatic heterocycles. The van der Waals surface area contributed by atoms with Gasteiger partial charge in [-0.2, -0.15) is 0 Å². The molecular formula is C17H10FNO4. The van der Waals surface area contributed by atoms with Crippen LogP contribution in [0.15, 0.2) is 42.5 Å². The molecule has 1 unspecified atom stereocenters. The first kappa shape index (κ1) is 13.6. The van der Waals surface area contributed by atoms with Crippen molar-refractivity contribution in [2.24, 2.45) is 0 Å². The number of carbonyl (C=O) groups excluding carboxylic acids is 3. The van der Waals surface area contributed by atoms with Crippen molar-refractivity contribution in [2.75, 3.05) is 0 Å². The van der Waals surface area contributed by atoms with Crippen molar-refractivity contribution in [3.05, 3.63) is 70.5 Å². The first-order chi connectivity index (χ1) is 11.1. The van der Waals surface area contributed by atoms with E-state index in [2.05, 4.69) is 0 Å². The molecule has 23 heavy (non-hydrogen) atoms. The van der Waals surface area contributed by atoms with Gasteiger partial charge in [0.1, 0.15) is 5.82 Å². The van der Waals surface area contributed by atoms with E-state index >= 15 is 0 Å². The maximum absolute atomic E-state index is 13.3. The van der Waals surface area contributed by atoms with Crippen molar-refractivity contribution in [1.82, 2.24) is 5.06 Å². The highest BCUT2D eigenvalue weighted by Crippen LogP contribution is 2.37. The Morgan fingerprint density at radius 1 is 1.09 bits per heavy atom.